The van der Waals surface area contributed by atoms with E-state index in [9.17, 15) is 32.3 Å². The normalized spacial score (nSPS) is 20.0. The van der Waals surface area contributed by atoms with Crippen LogP contribution in [0.3, 0.4) is 0 Å². The van der Waals surface area contributed by atoms with Gasteiger partial charge in [-0.3, -0.25) is 24.2 Å². The lowest BCUT2D eigenvalue weighted by atomic mass is 9.98. The quantitative estimate of drug-likeness (QED) is 0.370. The summed E-state index contributed by atoms with van der Waals surface area (Å²) in [6.07, 6.45) is -4.45. The van der Waals surface area contributed by atoms with Crippen LogP contribution in [0, 0.1) is 5.92 Å². The first kappa shape index (κ1) is 25.0. The number of urea groups is 1. The maximum Gasteiger partial charge on any atom is 0.416 e. The van der Waals surface area contributed by atoms with Crippen LogP contribution in [0.15, 0.2) is 41.2 Å². The van der Waals surface area contributed by atoms with Crippen molar-refractivity contribution in [2.24, 2.45) is 13.0 Å². The van der Waals surface area contributed by atoms with Gasteiger partial charge in [0.25, 0.3) is 0 Å². The number of benzene rings is 2. The molecule has 2 atom stereocenters. The molecule has 0 bridgehead atoms. The highest BCUT2D eigenvalue weighted by Crippen LogP contribution is 2.44. The third-order valence-electron chi connectivity index (χ3n) is 6.85. The molecule has 37 heavy (non-hydrogen) atoms. The number of ether oxygens (including phenoxy) is 1. The van der Waals surface area contributed by atoms with E-state index in [0.29, 0.717) is 15.9 Å². The summed E-state index contributed by atoms with van der Waals surface area (Å²) in [6, 6.07) is 6.90. The molecule has 0 spiro atoms. The van der Waals surface area contributed by atoms with Crippen LogP contribution in [-0.2, 0) is 34.0 Å². The van der Waals surface area contributed by atoms with Crippen molar-refractivity contribution >= 4 is 45.1 Å². The lowest BCUT2D eigenvalue weighted by molar-refractivity contribution is -0.155. The van der Waals surface area contributed by atoms with Gasteiger partial charge in [-0.15, -0.1) is 0 Å². The minimum atomic E-state index is -4.58. The summed E-state index contributed by atoms with van der Waals surface area (Å²) >= 11 is 0.985. The SMILES string of the molecule is CCOC(=O)C1CN(c2ccc3c(c2)sc(=O)n3C)C(=O)N([C@@H]2CCc3c2cccc3C(F)(F)F)C1=O. The number of hydrogen-bond acceptors (Lipinski definition) is 6. The number of anilines is 1. The predicted octanol–water partition coefficient (Wildman–Crippen LogP) is 4.25. The number of imide groups is 1. The molecule has 0 N–H and O–H groups in total. The standard InChI is InChI=1S/C25H22F3N3O5S/c1-3-36-22(33)16-12-30(13-7-9-19-20(11-13)37-24(35)29(19)2)23(34)31(21(16)32)18-10-8-14-15(18)5-4-6-17(14)25(26,27)28/h4-7,9,11,16,18H,3,8,10,12H2,1-2H3/t16?,18-/m1/s1. The molecule has 5 rings (SSSR count). The third-order valence-corrected chi connectivity index (χ3v) is 7.85. The van der Waals surface area contributed by atoms with Crippen LogP contribution in [0.5, 0.6) is 0 Å². The minimum absolute atomic E-state index is 0.0156. The van der Waals surface area contributed by atoms with Gasteiger partial charge >= 0.3 is 23.0 Å². The molecule has 1 fully saturated rings. The third kappa shape index (κ3) is 4.08. The molecule has 1 aliphatic heterocycles. The van der Waals surface area contributed by atoms with E-state index < -0.39 is 41.6 Å². The Bertz CT molecular complexity index is 1490. The fraction of sp³-hybridized carbons (Fsp3) is 0.360. The van der Waals surface area contributed by atoms with Crippen molar-refractivity contribution in [2.75, 3.05) is 18.1 Å². The Morgan fingerprint density at radius 2 is 1.92 bits per heavy atom. The molecule has 194 valence electrons. The number of nitrogens with zero attached hydrogens (tertiary/aromatic N) is 3. The van der Waals surface area contributed by atoms with Crippen molar-refractivity contribution in [1.29, 1.82) is 0 Å². The molecule has 1 unspecified atom stereocenters. The summed E-state index contributed by atoms with van der Waals surface area (Å²) in [7, 11) is 1.62. The van der Waals surface area contributed by atoms with Gasteiger partial charge in [0, 0.05) is 12.7 Å². The summed E-state index contributed by atoms with van der Waals surface area (Å²) in [6.45, 7) is 1.31. The van der Waals surface area contributed by atoms with Crippen molar-refractivity contribution in [3.05, 3.63) is 62.8 Å². The lowest BCUT2D eigenvalue weighted by Crippen LogP contribution is -2.59. The topological polar surface area (TPSA) is 88.9 Å². The number of alkyl halides is 3. The predicted molar refractivity (Wildman–Crippen MR) is 129 cm³/mol. The molecule has 0 saturated carbocycles. The zero-order chi connectivity index (χ0) is 26.6. The number of amides is 3. The first-order chi connectivity index (χ1) is 17.5. The number of aromatic nitrogens is 1. The Hall–Kier alpha value is -3.67. The monoisotopic (exact) mass is 533 g/mol. The van der Waals surface area contributed by atoms with E-state index in [0.717, 1.165) is 22.3 Å². The molecule has 2 aliphatic rings. The summed E-state index contributed by atoms with van der Waals surface area (Å²) in [4.78, 5) is 54.0. The van der Waals surface area contributed by atoms with E-state index in [1.54, 1.807) is 32.2 Å². The van der Waals surface area contributed by atoms with Crippen LogP contribution in [0.4, 0.5) is 23.7 Å². The number of halogens is 3. The molecule has 1 saturated heterocycles. The van der Waals surface area contributed by atoms with E-state index in [2.05, 4.69) is 0 Å². The van der Waals surface area contributed by atoms with E-state index in [4.69, 9.17) is 4.74 Å². The minimum Gasteiger partial charge on any atom is -0.465 e. The summed E-state index contributed by atoms with van der Waals surface area (Å²) in [5.74, 6) is -2.97. The van der Waals surface area contributed by atoms with Gasteiger partial charge in [0.15, 0.2) is 5.92 Å². The van der Waals surface area contributed by atoms with Gasteiger partial charge in [0.05, 0.1) is 35.0 Å². The fourth-order valence-corrected chi connectivity index (χ4v) is 6.02. The molecule has 2 heterocycles. The Morgan fingerprint density at radius 3 is 2.62 bits per heavy atom. The second-order valence-corrected chi connectivity index (χ2v) is 9.90. The number of hydrogen-bond donors (Lipinski definition) is 0. The number of carbonyl (C=O) groups is 3. The molecule has 1 aliphatic carbocycles. The van der Waals surface area contributed by atoms with Crippen molar-refractivity contribution in [2.45, 2.75) is 32.0 Å². The summed E-state index contributed by atoms with van der Waals surface area (Å²) in [5, 5.41) is 0. The van der Waals surface area contributed by atoms with Crippen molar-refractivity contribution < 1.29 is 32.3 Å². The molecular weight excluding hydrogens is 511 g/mol. The second-order valence-electron chi connectivity index (χ2n) is 8.91. The summed E-state index contributed by atoms with van der Waals surface area (Å²) in [5.41, 5.74) is 0.488. The highest BCUT2D eigenvalue weighted by atomic mass is 32.1. The number of esters is 1. The summed E-state index contributed by atoms with van der Waals surface area (Å²) < 4.78 is 48.0. The van der Waals surface area contributed by atoms with Gasteiger partial charge < -0.3 is 9.30 Å². The average Bonchev–Trinajstić information content (AvgIpc) is 3.39. The zero-order valence-corrected chi connectivity index (χ0v) is 20.7. The van der Waals surface area contributed by atoms with Gasteiger partial charge in [-0.25, -0.2) is 4.79 Å². The van der Waals surface area contributed by atoms with Crippen LogP contribution in [0.25, 0.3) is 10.2 Å². The molecule has 1 aromatic heterocycles. The van der Waals surface area contributed by atoms with Crippen molar-refractivity contribution in [1.82, 2.24) is 9.47 Å². The number of thiazole rings is 1. The Labute approximate surface area is 212 Å². The molecule has 3 amide bonds. The smallest absolute Gasteiger partial charge is 0.416 e. The van der Waals surface area contributed by atoms with E-state index in [-0.39, 0.29) is 42.0 Å². The number of carbonyl (C=O) groups excluding carboxylic acids is 3. The highest BCUT2D eigenvalue weighted by molar-refractivity contribution is 7.16. The molecule has 8 nitrogen and oxygen atoms in total. The first-order valence-electron chi connectivity index (χ1n) is 11.6. The number of aryl methyl sites for hydroxylation is 1. The largest absolute Gasteiger partial charge is 0.465 e. The van der Waals surface area contributed by atoms with Gasteiger partial charge in [-0.05, 0) is 55.2 Å². The molecular formula is C25H22F3N3O5S. The van der Waals surface area contributed by atoms with E-state index >= 15 is 0 Å². The average molecular weight is 534 g/mol. The van der Waals surface area contributed by atoms with E-state index in [1.165, 1.54) is 21.6 Å². The Morgan fingerprint density at radius 1 is 1.16 bits per heavy atom. The van der Waals surface area contributed by atoms with Crippen LogP contribution < -0.4 is 9.77 Å². The van der Waals surface area contributed by atoms with Crippen LogP contribution >= 0.6 is 11.3 Å². The van der Waals surface area contributed by atoms with Gasteiger partial charge in [-0.1, -0.05) is 23.5 Å². The van der Waals surface area contributed by atoms with Crippen LogP contribution in [0.2, 0.25) is 0 Å². The lowest BCUT2D eigenvalue weighted by Gasteiger charge is -2.40. The zero-order valence-electron chi connectivity index (χ0n) is 19.9. The fourth-order valence-electron chi connectivity index (χ4n) is 5.11. The Kier molecular flexibility index (Phi) is 6.09. The first-order valence-corrected chi connectivity index (χ1v) is 12.4. The highest BCUT2D eigenvalue weighted by Gasteiger charge is 2.49. The van der Waals surface area contributed by atoms with Gasteiger partial charge in [-0.2, -0.15) is 13.2 Å². The maximum absolute atomic E-state index is 13.7. The molecule has 12 heteroatoms. The van der Waals surface area contributed by atoms with Crippen molar-refractivity contribution in [3.8, 4) is 0 Å². The molecule has 0 radical (unpaired) electrons. The number of fused-ring (bicyclic) bond motifs is 2. The molecule has 3 aromatic rings. The van der Waals surface area contributed by atoms with Crippen LogP contribution in [0.1, 0.15) is 36.1 Å². The van der Waals surface area contributed by atoms with Crippen LogP contribution in [-0.4, -0.2) is 40.5 Å². The second kappa shape index (κ2) is 9.02. The number of rotatable bonds is 4. The van der Waals surface area contributed by atoms with Gasteiger partial charge in [0.1, 0.15) is 0 Å². The Balaban J connectivity index is 1.59. The van der Waals surface area contributed by atoms with Gasteiger partial charge in [0.2, 0.25) is 5.91 Å². The van der Waals surface area contributed by atoms with E-state index in [1.807, 2.05) is 0 Å². The maximum atomic E-state index is 13.7. The molecule has 2 aromatic carbocycles. The van der Waals surface area contributed by atoms with Crippen molar-refractivity contribution in [3.63, 3.8) is 0 Å².